The van der Waals surface area contributed by atoms with E-state index in [-0.39, 0.29) is 18.1 Å². The number of hydrogen-bond acceptors (Lipinski definition) is 6. The molecule has 6 heteroatoms. The monoisotopic (exact) mass is 423 g/mol. The fourth-order valence-corrected chi connectivity index (χ4v) is 4.51. The standard InChI is InChI=1S/C25H29NO5/c1-23(2)13-19(14-24(3,4)26(23)29)31-18-9-6-16(7-10-18)25(5)15-30-21-12-17(27)8-11-20(21)22(25)28/h6-13,27,29H,14-15H2,1-5H3. The molecule has 4 rings (SSSR count). The van der Waals surface area contributed by atoms with Crippen molar-refractivity contribution in [1.29, 1.82) is 0 Å². The van der Waals surface area contributed by atoms with Crippen molar-refractivity contribution in [3.05, 3.63) is 65.4 Å². The Hall–Kier alpha value is -2.83. The Morgan fingerprint density at radius 2 is 1.71 bits per heavy atom. The zero-order chi connectivity index (χ0) is 22.6. The second-order valence-corrected chi connectivity index (χ2v) is 9.82. The summed E-state index contributed by atoms with van der Waals surface area (Å²) in [6.45, 7) is 9.89. The molecule has 0 amide bonds. The Labute approximate surface area is 182 Å². The van der Waals surface area contributed by atoms with Gasteiger partial charge in [-0.15, -0.1) is 0 Å². The minimum Gasteiger partial charge on any atom is -0.508 e. The van der Waals surface area contributed by atoms with Crippen LogP contribution in [-0.4, -0.2) is 38.8 Å². The number of rotatable bonds is 3. The zero-order valence-corrected chi connectivity index (χ0v) is 18.6. The van der Waals surface area contributed by atoms with Crippen molar-refractivity contribution in [3.63, 3.8) is 0 Å². The Balaban J connectivity index is 1.56. The summed E-state index contributed by atoms with van der Waals surface area (Å²) in [5, 5.41) is 21.4. The van der Waals surface area contributed by atoms with Gasteiger partial charge in [-0.2, -0.15) is 5.06 Å². The van der Waals surface area contributed by atoms with Crippen LogP contribution in [-0.2, 0) is 5.41 Å². The predicted molar refractivity (Wildman–Crippen MR) is 117 cm³/mol. The van der Waals surface area contributed by atoms with Crippen molar-refractivity contribution in [1.82, 2.24) is 5.06 Å². The number of hydrogen-bond donors (Lipinski definition) is 2. The molecule has 0 radical (unpaired) electrons. The van der Waals surface area contributed by atoms with E-state index < -0.39 is 16.5 Å². The number of benzene rings is 2. The number of phenols is 1. The molecule has 164 valence electrons. The summed E-state index contributed by atoms with van der Waals surface area (Å²) < 4.78 is 11.9. The Morgan fingerprint density at radius 3 is 2.35 bits per heavy atom. The number of Topliss-reactive ketones (excluding diaryl/α,β-unsaturated/α-hetero) is 1. The molecule has 0 spiro atoms. The highest BCUT2D eigenvalue weighted by molar-refractivity contribution is 6.07. The number of carbonyl (C=O) groups is 1. The van der Waals surface area contributed by atoms with Crippen LogP contribution in [0, 0.1) is 0 Å². The van der Waals surface area contributed by atoms with E-state index in [9.17, 15) is 15.1 Å². The number of nitrogens with zero attached hydrogens (tertiary/aromatic N) is 1. The molecule has 0 aliphatic carbocycles. The van der Waals surface area contributed by atoms with E-state index in [4.69, 9.17) is 9.47 Å². The first kappa shape index (κ1) is 21.4. The van der Waals surface area contributed by atoms with Crippen molar-refractivity contribution in [2.24, 2.45) is 0 Å². The molecule has 2 heterocycles. The third kappa shape index (κ3) is 3.70. The van der Waals surface area contributed by atoms with E-state index in [0.717, 1.165) is 11.3 Å². The summed E-state index contributed by atoms with van der Waals surface area (Å²) in [6, 6.07) is 12.1. The highest BCUT2D eigenvalue weighted by Crippen LogP contribution is 2.40. The van der Waals surface area contributed by atoms with Crippen LogP contribution in [0.4, 0.5) is 0 Å². The van der Waals surface area contributed by atoms with E-state index in [1.54, 1.807) is 6.07 Å². The van der Waals surface area contributed by atoms with Crippen LogP contribution in [0.15, 0.2) is 54.3 Å². The number of ketones is 1. The lowest BCUT2D eigenvalue weighted by molar-refractivity contribution is -0.216. The van der Waals surface area contributed by atoms with E-state index in [1.165, 1.54) is 17.2 Å². The van der Waals surface area contributed by atoms with Gasteiger partial charge in [0.25, 0.3) is 0 Å². The SMILES string of the molecule is CC1(c2ccc(OC3=CC(C)(C)N(O)C(C)(C)C3)cc2)COc2cc(O)ccc2C1=O. The van der Waals surface area contributed by atoms with Crippen molar-refractivity contribution in [3.8, 4) is 17.2 Å². The van der Waals surface area contributed by atoms with Gasteiger partial charge in [-0.3, -0.25) is 4.79 Å². The largest absolute Gasteiger partial charge is 0.508 e. The molecule has 2 aliphatic rings. The van der Waals surface area contributed by atoms with Gasteiger partial charge >= 0.3 is 0 Å². The number of hydroxylamine groups is 2. The van der Waals surface area contributed by atoms with Crippen LogP contribution in [0.3, 0.4) is 0 Å². The summed E-state index contributed by atoms with van der Waals surface area (Å²) in [5.74, 6) is 1.92. The topological polar surface area (TPSA) is 79.2 Å². The third-order valence-electron chi connectivity index (χ3n) is 6.21. The summed E-state index contributed by atoms with van der Waals surface area (Å²) in [6.07, 6.45) is 2.50. The molecule has 0 bridgehead atoms. The Kier molecular flexibility index (Phi) is 4.91. The first-order chi connectivity index (χ1) is 14.4. The van der Waals surface area contributed by atoms with Crippen molar-refractivity contribution in [2.75, 3.05) is 6.61 Å². The highest BCUT2D eigenvalue weighted by Gasteiger charge is 2.43. The molecule has 0 saturated carbocycles. The lowest BCUT2D eigenvalue weighted by Crippen LogP contribution is -2.55. The second kappa shape index (κ2) is 7.11. The van der Waals surface area contributed by atoms with Gasteiger partial charge in [-0.05, 0) is 70.5 Å². The molecule has 6 nitrogen and oxygen atoms in total. The Morgan fingerprint density at radius 1 is 1.03 bits per heavy atom. The number of fused-ring (bicyclic) bond motifs is 1. The Bertz CT molecular complexity index is 1050. The van der Waals surface area contributed by atoms with Crippen molar-refractivity contribution in [2.45, 2.75) is 57.5 Å². The molecule has 2 aliphatic heterocycles. The summed E-state index contributed by atoms with van der Waals surface area (Å²) in [5.41, 5.74) is -0.512. The van der Waals surface area contributed by atoms with Gasteiger partial charge in [0.2, 0.25) is 0 Å². The highest BCUT2D eigenvalue weighted by atomic mass is 16.5. The lowest BCUT2D eigenvalue weighted by Gasteiger charge is -2.46. The number of aromatic hydroxyl groups is 1. The third-order valence-corrected chi connectivity index (χ3v) is 6.21. The van der Waals surface area contributed by atoms with Crippen LogP contribution in [0.1, 0.15) is 57.0 Å². The maximum atomic E-state index is 13.2. The molecule has 2 aromatic carbocycles. The molecule has 31 heavy (non-hydrogen) atoms. The summed E-state index contributed by atoms with van der Waals surface area (Å²) in [7, 11) is 0. The van der Waals surface area contributed by atoms with Gasteiger partial charge in [0, 0.05) is 18.0 Å². The van der Waals surface area contributed by atoms with Crippen molar-refractivity contribution >= 4 is 5.78 Å². The van der Waals surface area contributed by atoms with Gasteiger partial charge in [-0.1, -0.05) is 12.1 Å². The molecule has 2 aromatic rings. The van der Waals surface area contributed by atoms with E-state index in [0.29, 0.717) is 23.5 Å². The van der Waals surface area contributed by atoms with Crippen LogP contribution >= 0.6 is 0 Å². The number of phenolic OH excluding ortho intramolecular Hbond substituents is 1. The quantitative estimate of drug-likeness (QED) is 0.735. The maximum Gasteiger partial charge on any atom is 0.180 e. The van der Waals surface area contributed by atoms with Gasteiger partial charge in [0.1, 0.15) is 29.6 Å². The van der Waals surface area contributed by atoms with Gasteiger partial charge < -0.3 is 19.8 Å². The normalized spacial score (nSPS) is 24.7. The predicted octanol–water partition coefficient (Wildman–Crippen LogP) is 4.84. The smallest absolute Gasteiger partial charge is 0.180 e. The zero-order valence-electron chi connectivity index (χ0n) is 18.6. The van der Waals surface area contributed by atoms with E-state index in [2.05, 4.69) is 0 Å². The molecule has 2 N–H and O–H groups in total. The van der Waals surface area contributed by atoms with Crippen molar-refractivity contribution < 1.29 is 24.6 Å². The van der Waals surface area contributed by atoms with Gasteiger partial charge in [0.05, 0.1) is 16.5 Å². The maximum absolute atomic E-state index is 13.2. The first-order valence-electron chi connectivity index (χ1n) is 10.4. The lowest BCUT2D eigenvalue weighted by atomic mass is 9.75. The average Bonchev–Trinajstić information content (AvgIpc) is 2.69. The number of ether oxygens (including phenoxy) is 2. The fourth-order valence-electron chi connectivity index (χ4n) is 4.51. The summed E-state index contributed by atoms with van der Waals surface area (Å²) >= 11 is 0. The molecule has 0 fully saturated rings. The summed E-state index contributed by atoms with van der Waals surface area (Å²) in [4.78, 5) is 13.2. The fraction of sp³-hybridized carbons (Fsp3) is 0.400. The minimum absolute atomic E-state index is 0.0380. The average molecular weight is 424 g/mol. The molecular weight excluding hydrogens is 394 g/mol. The molecule has 0 aromatic heterocycles. The minimum atomic E-state index is -0.825. The molecule has 1 unspecified atom stereocenters. The van der Waals surface area contributed by atoms with Crippen LogP contribution in [0.2, 0.25) is 0 Å². The van der Waals surface area contributed by atoms with E-state index in [1.807, 2.05) is 65.0 Å². The van der Waals surface area contributed by atoms with Crippen LogP contribution < -0.4 is 9.47 Å². The van der Waals surface area contributed by atoms with Crippen LogP contribution in [0.25, 0.3) is 0 Å². The van der Waals surface area contributed by atoms with Gasteiger partial charge in [0.15, 0.2) is 5.78 Å². The second-order valence-electron chi connectivity index (χ2n) is 9.82. The van der Waals surface area contributed by atoms with Crippen LogP contribution in [0.5, 0.6) is 17.2 Å². The molecule has 1 atom stereocenters. The van der Waals surface area contributed by atoms with Gasteiger partial charge in [-0.25, -0.2) is 0 Å². The number of carbonyl (C=O) groups excluding carboxylic acids is 1. The first-order valence-corrected chi connectivity index (χ1v) is 10.4. The molecule has 0 saturated heterocycles. The van der Waals surface area contributed by atoms with E-state index >= 15 is 0 Å². The molecular formula is C25H29NO5.